The molecular weight excluding hydrogens is 304 g/mol. The molecule has 0 N–H and O–H groups in total. The highest BCUT2D eigenvalue weighted by Crippen LogP contribution is 2.32. The first kappa shape index (κ1) is 13.0. The van der Waals surface area contributed by atoms with E-state index in [4.69, 9.17) is 0 Å². The van der Waals surface area contributed by atoms with Crippen molar-refractivity contribution in [2.75, 3.05) is 31.1 Å². The number of hydrogen-bond acceptors (Lipinski definition) is 2. The molecule has 3 rings (SSSR count). The Hall–Kier alpha value is -1.03. The van der Waals surface area contributed by atoms with Gasteiger partial charge in [-0.2, -0.15) is 0 Å². The van der Waals surface area contributed by atoms with Gasteiger partial charge in [-0.1, -0.05) is 6.07 Å². The number of anilines is 1. The zero-order chi connectivity index (χ0) is 13.4. The molecule has 1 aliphatic carbocycles. The standard InChI is InChI=1S/C15H19BrN2O/c1-11-2-5-14(13(16)10-11)17-6-8-18(9-7-17)15(19)12-3-4-12/h2,5,10,12H,3-4,6-9H2,1H3. The number of hydrogen-bond donors (Lipinski definition) is 0. The number of piperazine rings is 1. The van der Waals surface area contributed by atoms with Gasteiger partial charge in [0.2, 0.25) is 5.91 Å². The molecule has 2 fully saturated rings. The summed E-state index contributed by atoms with van der Waals surface area (Å²) in [5, 5.41) is 0. The van der Waals surface area contributed by atoms with E-state index in [0.29, 0.717) is 11.8 Å². The van der Waals surface area contributed by atoms with Gasteiger partial charge in [0, 0.05) is 36.6 Å². The van der Waals surface area contributed by atoms with Crippen LogP contribution in [0.3, 0.4) is 0 Å². The topological polar surface area (TPSA) is 23.6 Å². The Kier molecular flexibility index (Phi) is 3.52. The highest BCUT2D eigenvalue weighted by atomic mass is 79.9. The van der Waals surface area contributed by atoms with Crippen molar-refractivity contribution >= 4 is 27.5 Å². The Balaban J connectivity index is 1.64. The number of benzene rings is 1. The minimum absolute atomic E-state index is 0.345. The first-order valence-corrected chi connectivity index (χ1v) is 7.74. The van der Waals surface area contributed by atoms with Crippen molar-refractivity contribution in [3.8, 4) is 0 Å². The van der Waals surface area contributed by atoms with Gasteiger partial charge in [-0.25, -0.2) is 0 Å². The number of halogens is 1. The molecule has 1 aromatic rings. The van der Waals surface area contributed by atoms with Crippen LogP contribution < -0.4 is 4.90 Å². The number of rotatable bonds is 2. The molecule has 1 aromatic carbocycles. The SMILES string of the molecule is Cc1ccc(N2CCN(C(=O)C3CC3)CC2)c(Br)c1. The first-order valence-electron chi connectivity index (χ1n) is 6.95. The number of amides is 1. The summed E-state index contributed by atoms with van der Waals surface area (Å²) in [6, 6.07) is 6.46. The lowest BCUT2D eigenvalue weighted by molar-refractivity contribution is -0.132. The second kappa shape index (κ2) is 5.16. The summed E-state index contributed by atoms with van der Waals surface area (Å²) in [5.74, 6) is 0.722. The predicted molar refractivity (Wildman–Crippen MR) is 80.4 cm³/mol. The second-order valence-electron chi connectivity index (χ2n) is 5.54. The van der Waals surface area contributed by atoms with Crippen LogP contribution in [-0.4, -0.2) is 37.0 Å². The lowest BCUT2D eigenvalue weighted by Crippen LogP contribution is -2.49. The van der Waals surface area contributed by atoms with Crippen molar-refractivity contribution in [3.63, 3.8) is 0 Å². The molecule has 102 valence electrons. The van der Waals surface area contributed by atoms with Crippen molar-refractivity contribution in [1.82, 2.24) is 4.90 Å². The quantitative estimate of drug-likeness (QED) is 0.836. The smallest absolute Gasteiger partial charge is 0.225 e. The van der Waals surface area contributed by atoms with Gasteiger partial charge in [-0.3, -0.25) is 4.79 Å². The molecule has 1 heterocycles. The van der Waals surface area contributed by atoms with Crippen LogP contribution >= 0.6 is 15.9 Å². The van der Waals surface area contributed by atoms with Gasteiger partial charge in [-0.05, 0) is 53.4 Å². The summed E-state index contributed by atoms with van der Waals surface area (Å²) >= 11 is 3.64. The van der Waals surface area contributed by atoms with Gasteiger partial charge in [0.05, 0.1) is 5.69 Å². The second-order valence-corrected chi connectivity index (χ2v) is 6.40. The number of carbonyl (C=O) groups excluding carboxylic acids is 1. The van der Waals surface area contributed by atoms with E-state index in [1.807, 2.05) is 4.90 Å². The fraction of sp³-hybridized carbons (Fsp3) is 0.533. The van der Waals surface area contributed by atoms with Crippen LogP contribution in [0.15, 0.2) is 22.7 Å². The third-order valence-electron chi connectivity index (χ3n) is 3.96. The molecule has 3 nitrogen and oxygen atoms in total. The Morgan fingerprint density at radius 2 is 1.89 bits per heavy atom. The van der Waals surface area contributed by atoms with Crippen molar-refractivity contribution in [2.24, 2.45) is 5.92 Å². The molecule has 0 atom stereocenters. The van der Waals surface area contributed by atoms with Crippen molar-refractivity contribution in [3.05, 3.63) is 28.2 Å². The Labute approximate surface area is 122 Å². The average Bonchev–Trinajstić information content (AvgIpc) is 3.22. The van der Waals surface area contributed by atoms with Crippen molar-refractivity contribution < 1.29 is 4.79 Å². The van der Waals surface area contributed by atoms with E-state index in [1.54, 1.807) is 0 Å². The van der Waals surface area contributed by atoms with Gasteiger partial charge in [0.25, 0.3) is 0 Å². The minimum atomic E-state index is 0.345. The van der Waals surface area contributed by atoms with Crippen LogP contribution in [0.1, 0.15) is 18.4 Å². The van der Waals surface area contributed by atoms with Crippen LogP contribution in [-0.2, 0) is 4.79 Å². The third-order valence-corrected chi connectivity index (χ3v) is 4.60. The molecule has 0 spiro atoms. The molecule has 1 saturated carbocycles. The maximum absolute atomic E-state index is 12.0. The molecule has 2 aliphatic rings. The molecule has 0 radical (unpaired) electrons. The monoisotopic (exact) mass is 322 g/mol. The predicted octanol–water partition coefficient (Wildman–Crippen LogP) is 2.82. The molecule has 1 amide bonds. The summed E-state index contributed by atoms with van der Waals surface area (Å²) in [6.07, 6.45) is 2.20. The zero-order valence-corrected chi connectivity index (χ0v) is 12.8. The van der Waals surface area contributed by atoms with Crippen LogP contribution in [0.2, 0.25) is 0 Å². The summed E-state index contributed by atoms with van der Waals surface area (Å²) in [4.78, 5) is 16.4. The fourth-order valence-electron chi connectivity index (χ4n) is 2.62. The van der Waals surface area contributed by atoms with Crippen LogP contribution in [0, 0.1) is 12.8 Å². The van der Waals surface area contributed by atoms with Gasteiger partial charge >= 0.3 is 0 Å². The lowest BCUT2D eigenvalue weighted by Gasteiger charge is -2.36. The maximum atomic E-state index is 12.0. The molecule has 19 heavy (non-hydrogen) atoms. The third kappa shape index (κ3) is 2.78. The van der Waals surface area contributed by atoms with E-state index < -0.39 is 0 Å². The molecule has 0 aromatic heterocycles. The van der Waals surface area contributed by atoms with Crippen molar-refractivity contribution in [1.29, 1.82) is 0 Å². The number of aryl methyl sites for hydroxylation is 1. The van der Waals surface area contributed by atoms with Crippen LogP contribution in [0.25, 0.3) is 0 Å². The normalized spacial score (nSPS) is 19.7. The van der Waals surface area contributed by atoms with E-state index in [1.165, 1.54) is 11.3 Å². The number of carbonyl (C=O) groups is 1. The van der Waals surface area contributed by atoms with E-state index >= 15 is 0 Å². The molecule has 1 saturated heterocycles. The van der Waals surface area contributed by atoms with Gasteiger partial charge in [0.1, 0.15) is 0 Å². The Morgan fingerprint density at radius 3 is 2.47 bits per heavy atom. The lowest BCUT2D eigenvalue weighted by atomic mass is 10.2. The minimum Gasteiger partial charge on any atom is -0.367 e. The van der Waals surface area contributed by atoms with E-state index in [9.17, 15) is 4.79 Å². The highest BCUT2D eigenvalue weighted by Gasteiger charge is 2.34. The summed E-state index contributed by atoms with van der Waals surface area (Å²) in [7, 11) is 0. The maximum Gasteiger partial charge on any atom is 0.225 e. The van der Waals surface area contributed by atoms with Crippen LogP contribution in [0.4, 0.5) is 5.69 Å². The Morgan fingerprint density at radius 1 is 1.21 bits per heavy atom. The summed E-state index contributed by atoms with van der Waals surface area (Å²) in [6.45, 7) is 5.67. The van der Waals surface area contributed by atoms with Crippen LogP contribution in [0.5, 0.6) is 0 Å². The first-order chi connectivity index (χ1) is 9.15. The molecule has 0 unspecified atom stereocenters. The van der Waals surface area contributed by atoms with Gasteiger partial charge in [-0.15, -0.1) is 0 Å². The summed E-state index contributed by atoms with van der Waals surface area (Å²) < 4.78 is 1.15. The fourth-order valence-corrected chi connectivity index (χ4v) is 3.37. The number of nitrogens with zero attached hydrogens (tertiary/aromatic N) is 2. The van der Waals surface area contributed by atoms with Gasteiger partial charge in [0.15, 0.2) is 0 Å². The van der Waals surface area contributed by atoms with E-state index in [2.05, 4.69) is 46.0 Å². The highest BCUT2D eigenvalue weighted by molar-refractivity contribution is 9.10. The molecular formula is C15H19BrN2O. The van der Waals surface area contributed by atoms with E-state index in [0.717, 1.165) is 43.5 Å². The molecule has 1 aliphatic heterocycles. The molecule has 0 bridgehead atoms. The average molecular weight is 323 g/mol. The van der Waals surface area contributed by atoms with Gasteiger partial charge < -0.3 is 9.80 Å². The summed E-state index contributed by atoms with van der Waals surface area (Å²) in [5.41, 5.74) is 2.50. The molecule has 4 heteroatoms. The Bertz CT molecular complexity index is 491. The largest absolute Gasteiger partial charge is 0.367 e. The zero-order valence-electron chi connectivity index (χ0n) is 11.2. The van der Waals surface area contributed by atoms with Crippen molar-refractivity contribution in [2.45, 2.75) is 19.8 Å². The van der Waals surface area contributed by atoms with E-state index in [-0.39, 0.29) is 0 Å².